The summed E-state index contributed by atoms with van der Waals surface area (Å²) in [6.45, 7) is 0. The number of pyridine rings is 1. The van der Waals surface area contributed by atoms with Crippen LogP contribution in [0, 0.1) is 22.7 Å². The molecule has 7 heteroatoms. The first-order chi connectivity index (χ1) is 9.56. The van der Waals surface area contributed by atoms with Crippen LogP contribution >= 0.6 is 0 Å². The summed E-state index contributed by atoms with van der Waals surface area (Å²) < 4.78 is 26.7. The van der Waals surface area contributed by atoms with Crippen molar-refractivity contribution in [1.82, 2.24) is 4.98 Å². The lowest BCUT2D eigenvalue weighted by molar-refractivity contribution is 0.600. The summed E-state index contributed by atoms with van der Waals surface area (Å²) in [6.07, 6.45) is 1.34. The van der Waals surface area contributed by atoms with Crippen LogP contribution < -0.4 is 4.72 Å². The van der Waals surface area contributed by atoms with Crippen LogP contribution in [-0.2, 0) is 10.0 Å². The van der Waals surface area contributed by atoms with Gasteiger partial charge in [0, 0.05) is 6.20 Å². The molecule has 1 N–H and O–H groups in total. The number of aromatic nitrogens is 1. The molecular formula is C13H8N4O2S. The molecular weight excluding hydrogens is 276 g/mol. The van der Waals surface area contributed by atoms with Crippen molar-refractivity contribution in [2.24, 2.45) is 0 Å². The molecule has 0 saturated carbocycles. The molecule has 0 fully saturated rings. The predicted octanol–water partition coefficient (Wildman–Crippen LogP) is 1.63. The molecule has 1 heterocycles. The largest absolute Gasteiger partial charge is 0.280 e. The summed E-state index contributed by atoms with van der Waals surface area (Å²) >= 11 is 0. The van der Waals surface area contributed by atoms with Crippen molar-refractivity contribution in [2.45, 2.75) is 4.90 Å². The minimum atomic E-state index is -3.93. The van der Waals surface area contributed by atoms with E-state index in [0.717, 1.165) is 0 Å². The van der Waals surface area contributed by atoms with Crippen LogP contribution in [0.4, 0.5) is 5.69 Å². The monoisotopic (exact) mass is 284 g/mol. The van der Waals surface area contributed by atoms with E-state index in [1.807, 2.05) is 6.07 Å². The van der Waals surface area contributed by atoms with Gasteiger partial charge in [-0.1, -0.05) is 6.07 Å². The zero-order chi connectivity index (χ0) is 14.6. The van der Waals surface area contributed by atoms with Crippen molar-refractivity contribution in [1.29, 1.82) is 10.5 Å². The van der Waals surface area contributed by atoms with E-state index in [0.29, 0.717) is 5.56 Å². The van der Waals surface area contributed by atoms with Crippen molar-refractivity contribution in [3.8, 4) is 12.1 Å². The number of hydrogen-bond donors (Lipinski definition) is 1. The number of nitriles is 2. The van der Waals surface area contributed by atoms with E-state index in [9.17, 15) is 8.42 Å². The quantitative estimate of drug-likeness (QED) is 0.921. The Balaban J connectivity index is 2.42. The second-order valence-electron chi connectivity index (χ2n) is 3.76. The van der Waals surface area contributed by atoms with Crippen LogP contribution in [0.1, 0.15) is 11.3 Å². The van der Waals surface area contributed by atoms with Gasteiger partial charge in [-0.25, -0.2) is 13.4 Å². The molecule has 0 aliphatic heterocycles. The van der Waals surface area contributed by atoms with Gasteiger partial charge >= 0.3 is 0 Å². The van der Waals surface area contributed by atoms with E-state index < -0.39 is 10.0 Å². The number of nitrogens with zero attached hydrogens (tertiary/aromatic N) is 3. The van der Waals surface area contributed by atoms with E-state index in [1.165, 1.54) is 30.5 Å². The Labute approximate surface area is 116 Å². The lowest BCUT2D eigenvalue weighted by Crippen LogP contribution is -2.15. The lowest BCUT2D eigenvalue weighted by atomic mass is 10.2. The van der Waals surface area contributed by atoms with Crippen LogP contribution in [-0.4, -0.2) is 13.4 Å². The third-order valence-electron chi connectivity index (χ3n) is 2.41. The van der Waals surface area contributed by atoms with E-state index in [4.69, 9.17) is 10.5 Å². The number of benzene rings is 1. The highest BCUT2D eigenvalue weighted by atomic mass is 32.2. The maximum atomic E-state index is 12.2. The van der Waals surface area contributed by atoms with Gasteiger partial charge in [-0.3, -0.25) is 4.72 Å². The molecule has 0 atom stereocenters. The van der Waals surface area contributed by atoms with Crippen LogP contribution in [0.3, 0.4) is 0 Å². The number of anilines is 1. The SMILES string of the molecule is N#Cc1cccc(NS(=O)(=O)c2cccnc2C#N)c1. The number of hydrogen-bond acceptors (Lipinski definition) is 5. The molecule has 1 aromatic carbocycles. The second-order valence-corrected chi connectivity index (χ2v) is 5.41. The fraction of sp³-hybridized carbons (Fsp3) is 0. The molecule has 20 heavy (non-hydrogen) atoms. The lowest BCUT2D eigenvalue weighted by Gasteiger charge is -2.08. The molecule has 2 aromatic rings. The number of nitrogens with one attached hydrogen (secondary N) is 1. The zero-order valence-electron chi connectivity index (χ0n) is 10.1. The van der Waals surface area contributed by atoms with Crippen LogP contribution in [0.5, 0.6) is 0 Å². The molecule has 0 radical (unpaired) electrons. The Morgan fingerprint density at radius 1 is 1.10 bits per heavy atom. The maximum Gasteiger partial charge on any atom is 0.264 e. The van der Waals surface area contributed by atoms with Crippen LogP contribution in [0.15, 0.2) is 47.5 Å². The van der Waals surface area contributed by atoms with Crippen LogP contribution in [0.25, 0.3) is 0 Å². The second kappa shape index (κ2) is 5.39. The van der Waals surface area contributed by atoms with Gasteiger partial charge in [0.05, 0.1) is 17.3 Å². The smallest absolute Gasteiger partial charge is 0.264 e. The first-order valence-electron chi connectivity index (χ1n) is 5.45. The molecule has 0 saturated heterocycles. The highest BCUT2D eigenvalue weighted by Crippen LogP contribution is 2.18. The van der Waals surface area contributed by atoms with Gasteiger partial charge in [0.2, 0.25) is 0 Å². The molecule has 0 aliphatic carbocycles. The van der Waals surface area contributed by atoms with E-state index in [-0.39, 0.29) is 16.3 Å². The Hall–Kier alpha value is -2.90. The molecule has 0 aliphatic rings. The van der Waals surface area contributed by atoms with Crippen molar-refractivity contribution in [3.63, 3.8) is 0 Å². The predicted molar refractivity (Wildman–Crippen MR) is 70.9 cm³/mol. The summed E-state index contributed by atoms with van der Waals surface area (Å²) in [5, 5.41) is 17.7. The van der Waals surface area contributed by atoms with Gasteiger partial charge in [-0.15, -0.1) is 0 Å². The van der Waals surface area contributed by atoms with E-state index in [2.05, 4.69) is 9.71 Å². The Morgan fingerprint density at radius 2 is 1.90 bits per heavy atom. The van der Waals surface area contributed by atoms with Gasteiger partial charge in [0.25, 0.3) is 10.0 Å². The zero-order valence-corrected chi connectivity index (χ0v) is 10.9. The van der Waals surface area contributed by atoms with Gasteiger partial charge in [-0.05, 0) is 30.3 Å². The molecule has 0 spiro atoms. The molecule has 98 valence electrons. The minimum absolute atomic E-state index is 0.184. The minimum Gasteiger partial charge on any atom is -0.280 e. The molecule has 0 unspecified atom stereocenters. The van der Waals surface area contributed by atoms with E-state index >= 15 is 0 Å². The average molecular weight is 284 g/mol. The van der Waals surface area contributed by atoms with Crippen molar-refractivity contribution in [3.05, 3.63) is 53.9 Å². The molecule has 1 aromatic heterocycles. The standard InChI is InChI=1S/C13H8N4O2S/c14-8-10-3-1-4-11(7-10)17-20(18,19)13-5-2-6-16-12(13)9-15/h1-7,17H. The number of sulfonamides is 1. The summed E-state index contributed by atoms with van der Waals surface area (Å²) in [5.41, 5.74) is 0.394. The third-order valence-corrected chi connectivity index (χ3v) is 3.82. The van der Waals surface area contributed by atoms with Crippen molar-refractivity contribution in [2.75, 3.05) is 4.72 Å². The summed E-state index contributed by atoms with van der Waals surface area (Å²) in [5.74, 6) is 0. The Bertz CT molecular complexity index is 832. The summed E-state index contributed by atoms with van der Waals surface area (Å²) in [7, 11) is -3.93. The Kier molecular flexibility index (Phi) is 3.65. The molecule has 0 bridgehead atoms. The maximum absolute atomic E-state index is 12.2. The van der Waals surface area contributed by atoms with Crippen molar-refractivity contribution < 1.29 is 8.42 Å². The molecule has 0 amide bonds. The number of rotatable bonds is 3. The fourth-order valence-corrected chi connectivity index (χ4v) is 2.71. The van der Waals surface area contributed by atoms with Gasteiger partial charge < -0.3 is 0 Å². The van der Waals surface area contributed by atoms with E-state index in [1.54, 1.807) is 18.2 Å². The van der Waals surface area contributed by atoms with Gasteiger partial charge in [0.1, 0.15) is 11.0 Å². The fourth-order valence-electron chi connectivity index (χ4n) is 1.55. The molecule has 6 nitrogen and oxygen atoms in total. The molecule has 2 rings (SSSR count). The van der Waals surface area contributed by atoms with Gasteiger partial charge in [-0.2, -0.15) is 10.5 Å². The Morgan fingerprint density at radius 3 is 2.60 bits per heavy atom. The van der Waals surface area contributed by atoms with Gasteiger partial charge in [0.15, 0.2) is 5.69 Å². The summed E-state index contributed by atoms with van der Waals surface area (Å²) in [4.78, 5) is 3.50. The van der Waals surface area contributed by atoms with Crippen molar-refractivity contribution >= 4 is 15.7 Å². The topological polar surface area (TPSA) is 107 Å². The van der Waals surface area contributed by atoms with Crippen LogP contribution in [0.2, 0.25) is 0 Å². The first-order valence-corrected chi connectivity index (χ1v) is 6.93. The highest BCUT2D eigenvalue weighted by Gasteiger charge is 2.19. The average Bonchev–Trinajstić information content (AvgIpc) is 2.47. The summed E-state index contributed by atoms with van der Waals surface area (Å²) in [6, 6.07) is 12.4. The highest BCUT2D eigenvalue weighted by molar-refractivity contribution is 7.92. The normalized spacial score (nSPS) is 10.3. The third kappa shape index (κ3) is 2.74. The first kappa shape index (κ1) is 13.5.